The minimum Gasteiger partial charge on any atom is -0.392 e. The molecule has 0 aliphatic heterocycles. The standard InChI is InChI=1S/C10H18N4OS/c1-6(15)5-13(3)10-8(9(11)16)7(2)12-14(10)4/h6,15H,5H2,1-4H3,(H2,11,16). The van der Waals surface area contributed by atoms with E-state index < -0.39 is 6.10 Å². The number of nitrogens with zero attached hydrogens (tertiary/aromatic N) is 3. The van der Waals surface area contributed by atoms with Crippen molar-refractivity contribution in [1.82, 2.24) is 9.78 Å². The highest BCUT2D eigenvalue weighted by atomic mass is 32.1. The summed E-state index contributed by atoms with van der Waals surface area (Å²) in [5.41, 5.74) is 7.27. The van der Waals surface area contributed by atoms with Crippen molar-refractivity contribution in [1.29, 1.82) is 0 Å². The van der Waals surface area contributed by atoms with Crippen LogP contribution in [0.15, 0.2) is 0 Å². The fourth-order valence-corrected chi connectivity index (χ4v) is 2.09. The summed E-state index contributed by atoms with van der Waals surface area (Å²) in [4.78, 5) is 2.23. The Labute approximate surface area is 101 Å². The van der Waals surface area contributed by atoms with Gasteiger partial charge in [0.25, 0.3) is 0 Å². The first-order valence-electron chi connectivity index (χ1n) is 5.07. The molecule has 0 aliphatic carbocycles. The maximum atomic E-state index is 9.38. The normalized spacial score (nSPS) is 12.6. The molecule has 6 heteroatoms. The van der Waals surface area contributed by atoms with Crippen molar-refractivity contribution in [2.45, 2.75) is 20.0 Å². The quantitative estimate of drug-likeness (QED) is 0.737. The van der Waals surface area contributed by atoms with Gasteiger partial charge in [0, 0.05) is 20.6 Å². The third-order valence-corrected chi connectivity index (χ3v) is 2.54. The van der Waals surface area contributed by atoms with E-state index in [0.29, 0.717) is 11.5 Å². The number of rotatable bonds is 4. The molecule has 0 fully saturated rings. The Morgan fingerprint density at radius 2 is 2.25 bits per heavy atom. The van der Waals surface area contributed by atoms with Crippen LogP contribution in [-0.4, -0.2) is 39.6 Å². The molecule has 90 valence electrons. The second-order valence-electron chi connectivity index (χ2n) is 4.00. The lowest BCUT2D eigenvalue weighted by molar-refractivity contribution is 0.201. The highest BCUT2D eigenvalue weighted by Crippen LogP contribution is 2.22. The van der Waals surface area contributed by atoms with Crippen molar-refractivity contribution in [3.05, 3.63) is 11.3 Å². The van der Waals surface area contributed by atoms with Gasteiger partial charge in [0.15, 0.2) is 0 Å². The van der Waals surface area contributed by atoms with Gasteiger partial charge in [-0.25, -0.2) is 0 Å². The molecule has 3 N–H and O–H groups in total. The number of anilines is 1. The fourth-order valence-electron chi connectivity index (χ4n) is 1.86. The van der Waals surface area contributed by atoms with Crippen LogP contribution in [0.4, 0.5) is 5.82 Å². The lowest BCUT2D eigenvalue weighted by Gasteiger charge is -2.22. The molecule has 0 radical (unpaired) electrons. The van der Waals surface area contributed by atoms with Crippen molar-refractivity contribution < 1.29 is 5.11 Å². The van der Waals surface area contributed by atoms with Crippen molar-refractivity contribution in [3.63, 3.8) is 0 Å². The van der Waals surface area contributed by atoms with E-state index in [2.05, 4.69) is 5.10 Å². The molecule has 1 unspecified atom stereocenters. The molecule has 0 spiro atoms. The molecule has 16 heavy (non-hydrogen) atoms. The molecule has 0 amide bonds. The van der Waals surface area contributed by atoms with E-state index in [0.717, 1.165) is 17.1 Å². The topological polar surface area (TPSA) is 67.3 Å². The van der Waals surface area contributed by atoms with E-state index in [-0.39, 0.29) is 0 Å². The Balaban J connectivity index is 3.16. The molecule has 0 saturated carbocycles. The van der Waals surface area contributed by atoms with Gasteiger partial charge in [-0.05, 0) is 13.8 Å². The fraction of sp³-hybridized carbons (Fsp3) is 0.600. The van der Waals surface area contributed by atoms with E-state index in [1.165, 1.54) is 0 Å². The minimum absolute atomic E-state index is 0.332. The lowest BCUT2D eigenvalue weighted by atomic mass is 10.2. The Kier molecular flexibility index (Phi) is 3.88. The number of hydrogen-bond donors (Lipinski definition) is 2. The predicted molar refractivity (Wildman–Crippen MR) is 68.8 cm³/mol. The van der Waals surface area contributed by atoms with Crippen LogP contribution < -0.4 is 10.6 Å². The largest absolute Gasteiger partial charge is 0.392 e. The van der Waals surface area contributed by atoms with Crippen molar-refractivity contribution in [2.75, 3.05) is 18.5 Å². The zero-order chi connectivity index (χ0) is 12.5. The van der Waals surface area contributed by atoms with Crippen LogP contribution in [0.1, 0.15) is 18.2 Å². The van der Waals surface area contributed by atoms with Gasteiger partial charge in [-0.3, -0.25) is 4.68 Å². The van der Waals surface area contributed by atoms with Gasteiger partial charge in [-0.15, -0.1) is 0 Å². The Bertz CT molecular complexity index is 400. The number of nitrogens with two attached hydrogens (primary N) is 1. The summed E-state index contributed by atoms with van der Waals surface area (Å²) in [7, 11) is 3.72. The summed E-state index contributed by atoms with van der Waals surface area (Å²) in [6, 6.07) is 0. The van der Waals surface area contributed by atoms with Crippen LogP contribution in [0, 0.1) is 6.92 Å². The number of likely N-dealkylation sites (N-methyl/N-ethyl adjacent to an activating group) is 1. The predicted octanol–water partition coefficient (Wildman–Crippen LogP) is 0.180. The number of aliphatic hydroxyl groups excluding tert-OH is 1. The van der Waals surface area contributed by atoms with Crippen LogP contribution in [0.25, 0.3) is 0 Å². The Morgan fingerprint density at radius 1 is 1.69 bits per heavy atom. The zero-order valence-corrected chi connectivity index (χ0v) is 10.9. The van der Waals surface area contributed by atoms with Gasteiger partial charge in [-0.2, -0.15) is 5.10 Å². The maximum Gasteiger partial charge on any atom is 0.136 e. The molecule has 1 aromatic rings. The van der Waals surface area contributed by atoms with E-state index in [9.17, 15) is 5.11 Å². The second-order valence-corrected chi connectivity index (χ2v) is 4.44. The summed E-state index contributed by atoms with van der Waals surface area (Å²) in [5, 5.41) is 13.7. The summed E-state index contributed by atoms with van der Waals surface area (Å²) in [5.74, 6) is 0.839. The maximum absolute atomic E-state index is 9.38. The van der Waals surface area contributed by atoms with Crippen LogP contribution in [0.3, 0.4) is 0 Å². The molecule has 5 nitrogen and oxygen atoms in total. The average Bonchev–Trinajstić information content (AvgIpc) is 2.39. The van der Waals surface area contributed by atoms with Crippen LogP contribution in [-0.2, 0) is 7.05 Å². The highest BCUT2D eigenvalue weighted by molar-refractivity contribution is 7.80. The van der Waals surface area contributed by atoms with Crippen LogP contribution in [0.5, 0.6) is 0 Å². The summed E-state index contributed by atoms with van der Waals surface area (Å²) >= 11 is 5.02. The molecular formula is C10H18N4OS. The molecule has 1 aromatic heterocycles. The van der Waals surface area contributed by atoms with E-state index in [4.69, 9.17) is 18.0 Å². The SMILES string of the molecule is Cc1nn(C)c(N(C)CC(C)O)c1C(N)=S. The Morgan fingerprint density at radius 3 is 2.69 bits per heavy atom. The molecule has 0 saturated heterocycles. The number of aromatic nitrogens is 2. The summed E-state index contributed by atoms with van der Waals surface area (Å²) in [6.07, 6.45) is -0.417. The summed E-state index contributed by atoms with van der Waals surface area (Å²) < 4.78 is 1.73. The molecular weight excluding hydrogens is 224 g/mol. The molecule has 0 aromatic carbocycles. The number of thiocarbonyl (C=S) groups is 1. The monoisotopic (exact) mass is 242 g/mol. The molecule has 0 bridgehead atoms. The first kappa shape index (κ1) is 12.9. The number of aryl methyl sites for hydroxylation is 2. The third kappa shape index (κ3) is 2.51. The Hall–Kier alpha value is -1.14. The first-order valence-corrected chi connectivity index (χ1v) is 5.48. The highest BCUT2D eigenvalue weighted by Gasteiger charge is 2.19. The average molecular weight is 242 g/mol. The zero-order valence-electron chi connectivity index (χ0n) is 10.1. The second kappa shape index (κ2) is 4.80. The van der Waals surface area contributed by atoms with Gasteiger partial charge < -0.3 is 15.7 Å². The van der Waals surface area contributed by atoms with Gasteiger partial charge in [0.05, 0.1) is 17.4 Å². The first-order chi connectivity index (χ1) is 7.34. The molecule has 1 rings (SSSR count). The van der Waals surface area contributed by atoms with Gasteiger partial charge in [-0.1, -0.05) is 12.2 Å². The van der Waals surface area contributed by atoms with Gasteiger partial charge in [0.1, 0.15) is 10.8 Å². The third-order valence-electron chi connectivity index (χ3n) is 2.34. The van der Waals surface area contributed by atoms with Crippen molar-refractivity contribution >= 4 is 23.0 Å². The summed E-state index contributed by atoms with van der Waals surface area (Å²) in [6.45, 7) is 4.11. The minimum atomic E-state index is -0.417. The number of hydrogen-bond acceptors (Lipinski definition) is 4. The van der Waals surface area contributed by atoms with E-state index in [1.807, 2.05) is 25.9 Å². The molecule has 1 heterocycles. The van der Waals surface area contributed by atoms with Crippen molar-refractivity contribution in [3.8, 4) is 0 Å². The molecule has 1 atom stereocenters. The number of aliphatic hydroxyl groups is 1. The van der Waals surface area contributed by atoms with Gasteiger partial charge >= 0.3 is 0 Å². The van der Waals surface area contributed by atoms with E-state index >= 15 is 0 Å². The van der Waals surface area contributed by atoms with Crippen molar-refractivity contribution in [2.24, 2.45) is 12.8 Å². The van der Waals surface area contributed by atoms with E-state index in [1.54, 1.807) is 11.6 Å². The lowest BCUT2D eigenvalue weighted by Crippen LogP contribution is -2.30. The van der Waals surface area contributed by atoms with Gasteiger partial charge in [0.2, 0.25) is 0 Å². The van der Waals surface area contributed by atoms with Crippen LogP contribution >= 0.6 is 12.2 Å². The molecule has 0 aliphatic rings. The smallest absolute Gasteiger partial charge is 0.136 e. The van der Waals surface area contributed by atoms with Crippen LogP contribution in [0.2, 0.25) is 0 Å².